The molecule has 0 aliphatic heterocycles. The Kier molecular flexibility index (Phi) is 11.0. The van der Waals surface area contributed by atoms with E-state index in [0.717, 1.165) is 11.8 Å². The zero-order chi connectivity index (χ0) is 12.2. The van der Waals surface area contributed by atoms with E-state index in [4.69, 9.17) is 0 Å². The Hall–Kier alpha value is -0.260. The standard InChI is InChI=1S/C16H32/c1-5-7-9-11-15(3)13-14-16(4)12-10-8-6-2/h5,15-16H,1,6-14H2,2-4H3. The van der Waals surface area contributed by atoms with E-state index in [-0.39, 0.29) is 0 Å². The zero-order valence-corrected chi connectivity index (χ0v) is 11.8. The van der Waals surface area contributed by atoms with Gasteiger partial charge in [-0.05, 0) is 24.7 Å². The number of rotatable bonds is 11. The van der Waals surface area contributed by atoms with Crippen LogP contribution in [0.15, 0.2) is 12.7 Å². The predicted octanol–water partition coefficient (Wildman–Crippen LogP) is 5.98. The SMILES string of the molecule is C=CCCCC(C)CCC(C)CCCCC. The van der Waals surface area contributed by atoms with Crippen molar-refractivity contribution in [1.29, 1.82) is 0 Å². The lowest BCUT2D eigenvalue weighted by Crippen LogP contribution is -2.00. The van der Waals surface area contributed by atoms with Crippen molar-refractivity contribution in [2.24, 2.45) is 11.8 Å². The molecule has 0 N–H and O–H groups in total. The third kappa shape index (κ3) is 10.3. The van der Waals surface area contributed by atoms with E-state index < -0.39 is 0 Å². The summed E-state index contributed by atoms with van der Waals surface area (Å²) in [7, 11) is 0. The lowest BCUT2D eigenvalue weighted by molar-refractivity contribution is 0.384. The van der Waals surface area contributed by atoms with Gasteiger partial charge in [0, 0.05) is 0 Å². The van der Waals surface area contributed by atoms with Crippen LogP contribution in [0, 0.1) is 11.8 Å². The van der Waals surface area contributed by atoms with E-state index in [9.17, 15) is 0 Å². The molecule has 0 amide bonds. The van der Waals surface area contributed by atoms with Crippen LogP contribution in [-0.2, 0) is 0 Å². The number of hydrogen-bond donors (Lipinski definition) is 0. The molecule has 0 spiro atoms. The van der Waals surface area contributed by atoms with Gasteiger partial charge in [0.15, 0.2) is 0 Å². The van der Waals surface area contributed by atoms with Crippen LogP contribution >= 0.6 is 0 Å². The summed E-state index contributed by atoms with van der Waals surface area (Å²) in [5, 5.41) is 0. The maximum atomic E-state index is 3.77. The second kappa shape index (κ2) is 11.2. The third-order valence-electron chi connectivity index (χ3n) is 3.56. The minimum absolute atomic E-state index is 0.911. The van der Waals surface area contributed by atoms with E-state index in [1.807, 2.05) is 6.08 Å². The molecule has 0 heteroatoms. The summed E-state index contributed by atoms with van der Waals surface area (Å²) in [4.78, 5) is 0. The minimum Gasteiger partial charge on any atom is -0.103 e. The molecule has 0 rings (SSSR count). The minimum atomic E-state index is 0.911. The second-order valence-corrected chi connectivity index (χ2v) is 5.50. The van der Waals surface area contributed by atoms with Crippen LogP contribution in [0.1, 0.15) is 78.6 Å². The Labute approximate surface area is 104 Å². The van der Waals surface area contributed by atoms with Crippen LogP contribution in [0.5, 0.6) is 0 Å². The fourth-order valence-electron chi connectivity index (χ4n) is 2.21. The molecule has 0 saturated heterocycles. The molecule has 0 aromatic heterocycles. The number of allylic oxidation sites excluding steroid dienone is 1. The first-order valence-electron chi connectivity index (χ1n) is 7.31. The van der Waals surface area contributed by atoms with Crippen molar-refractivity contribution < 1.29 is 0 Å². The number of hydrogen-bond acceptors (Lipinski definition) is 0. The average Bonchev–Trinajstić information content (AvgIpc) is 2.27. The maximum Gasteiger partial charge on any atom is -0.0353 e. The van der Waals surface area contributed by atoms with Gasteiger partial charge in [0.05, 0.1) is 0 Å². The number of unbranched alkanes of at least 4 members (excludes halogenated alkanes) is 3. The highest BCUT2D eigenvalue weighted by Gasteiger charge is 2.06. The molecular formula is C16H32. The highest BCUT2D eigenvalue weighted by atomic mass is 14.1. The molecule has 16 heavy (non-hydrogen) atoms. The molecule has 96 valence electrons. The molecule has 0 bridgehead atoms. The van der Waals surface area contributed by atoms with Crippen LogP contribution in [0.3, 0.4) is 0 Å². The van der Waals surface area contributed by atoms with Gasteiger partial charge in [-0.15, -0.1) is 6.58 Å². The monoisotopic (exact) mass is 224 g/mol. The largest absolute Gasteiger partial charge is 0.103 e. The van der Waals surface area contributed by atoms with Gasteiger partial charge in [0.1, 0.15) is 0 Å². The summed E-state index contributed by atoms with van der Waals surface area (Å²) >= 11 is 0. The molecule has 0 aliphatic rings. The van der Waals surface area contributed by atoms with Crippen LogP contribution in [0.25, 0.3) is 0 Å². The Balaban J connectivity index is 3.35. The van der Waals surface area contributed by atoms with Gasteiger partial charge in [-0.1, -0.05) is 71.8 Å². The van der Waals surface area contributed by atoms with Gasteiger partial charge in [0.2, 0.25) is 0 Å². The van der Waals surface area contributed by atoms with Gasteiger partial charge in [-0.3, -0.25) is 0 Å². The quantitative estimate of drug-likeness (QED) is 0.299. The van der Waals surface area contributed by atoms with E-state index >= 15 is 0 Å². The lowest BCUT2D eigenvalue weighted by atomic mass is 9.91. The fraction of sp³-hybridized carbons (Fsp3) is 0.875. The Morgan fingerprint density at radius 3 is 1.94 bits per heavy atom. The summed E-state index contributed by atoms with van der Waals surface area (Å²) in [5.74, 6) is 1.85. The highest BCUT2D eigenvalue weighted by Crippen LogP contribution is 2.21. The Bertz CT molecular complexity index is 148. The van der Waals surface area contributed by atoms with E-state index in [2.05, 4.69) is 27.4 Å². The zero-order valence-electron chi connectivity index (χ0n) is 11.8. The van der Waals surface area contributed by atoms with Crippen LogP contribution < -0.4 is 0 Å². The Morgan fingerprint density at radius 2 is 1.44 bits per heavy atom. The van der Waals surface area contributed by atoms with Crippen molar-refractivity contribution in [3.63, 3.8) is 0 Å². The fourth-order valence-corrected chi connectivity index (χ4v) is 2.21. The van der Waals surface area contributed by atoms with Crippen molar-refractivity contribution in [3.8, 4) is 0 Å². The van der Waals surface area contributed by atoms with Gasteiger partial charge >= 0.3 is 0 Å². The molecule has 0 saturated carbocycles. The van der Waals surface area contributed by atoms with E-state index in [1.165, 1.54) is 57.8 Å². The van der Waals surface area contributed by atoms with Gasteiger partial charge < -0.3 is 0 Å². The molecule has 0 aliphatic carbocycles. The molecular weight excluding hydrogens is 192 g/mol. The Morgan fingerprint density at radius 1 is 0.875 bits per heavy atom. The lowest BCUT2D eigenvalue weighted by Gasteiger charge is -2.15. The van der Waals surface area contributed by atoms with Gasteiger partial charge in [-0.2, -0.15) is 0 Å². The van der Waals surface area contributed by atoms with Crippen LogP contribution in [0.2, 0.25) is 0 Å². The van der Waals surface area contributed by atoms with Crippen molar-refractivity contribution >= 4 is 0 Å². The molecule has 0 fully saturated rings. The summed E-state index contributed by atoms with van der Waals surface area (Å²) in [6.07, 6.45) is 14.4. The third-order valence-corrected chi connectivity index (χ3v) is 3.56. The molecule has 0 aromatic rings. The highest BCUT2D eigenvalue weighted by molar-refractivity contribution is 4.67. The van der Waals surface area contributed by atoms with E-state index in [0.29, 0.717) is 0 Å². The summed E-state index contributed by atoms with van der Waals surface area (Å²) < 4.78 is 0. The summed E-state index contributed by atoms with van der Waals surface area (Å²) in [6.45, 7) is 10.9. The van der Waals surface area contributed by atoms with Crippen molar-refractivity contribution in [2.45, 2.75) is 78.6 Å². The maximum absolute atomic E-state index is 3.77. The average molecular weight is 224 g/mol. The van der Waals surface area contributed by atoms with Gasteiger partial charge in [0.25, 0.3) is 0 Å². The topological polar surface area (TPSA) is 0 Å². The second-order valence-electron chi connectivity index (χ2n) is 5.50. The van der Waals surface area contributed by atoms with Gasteiger partial charge in [-0.25, -0.2) is 0 Å². The molecule has 0 radical (unpaired) electrons. The smallest absolute Gasteiger partial charge is 0.0353 e. The predicted molar refractivity (Wildman–Crippen MR) is 75.8 cm³/mol. The van der Waals surface area contributed by atoms with Crippen molar-refractivity contribution in [1.82, 2.24) is 0 Å². The van der Waals surface area contributed by atoms with Crippen molar-refractivity contribution in [2.75, 3.05) is 0 Å². The molecule has 0 heterocycles. The summed E-state index contributed by atoms with van der Waals surface area (Å²) in [5.41, 5.74) is 0. The first kappa shape index (κ1) is 15.7. The first-order valence-corrected chi connectivity index (χ1v) is 7.31. The van der Waals surface area contributed by atoms with Crippen LogP contribution in [0.4, 0.5) is 0 Å². The molecule has 0 aromatic carbocycles. The molecule has 0 nitrogen and oxygen atoms in total. The molecule has 2 unspecified atom stereocenters. The first-order chi connectivity index (χ1) is 7.70. The summed E-state index contributed by atoms with van der Waals surface area (Å²) in [6, 6.07) is 0. The van der Waals surface area contributed by atoms with Crippen LogP contribution in [-0.4, -0.2) is 0 Å². The molecule has 2 atom stereocenters. The normalized spacial score (nSPS) is 14.7. The van der Waals surface area contributed by atoms with Crippen molar-refractivity contribution in [3.05, 3.63) is 12.7 Å². The van der Waals surface area contributed by atoms with E-state index in [1.54, 1.807) is 0 Å².